The molecule has 2 N–H and O–H groups in total. The Morgan fingerprint density at radius 1 is 1.10 bits per heavy atom. The third kappa shape index (κ3) is 7.72. The van der Waals surface area contributed by atoms with E-state index in [0.29, 0.717) is 54.6 Å². The highest BCUT2D eigenvalue weighted by Gasteiger charge is 2.26. The first kappa shape index (κ1) is 28.4. The molecular formula is C30H33N3O7. The molecule has 0 unspecified atom stereocenters. The lowest BCUT2D eigenvalue weighted by molar-refractivity contribution is -0.155. The number of esters is 1. The number of pyridine rings is 1. The molecule has 10 heteroatoms. The van der Waals surface area contributed by atoms with Crippen molar-refractivity contribution in [1.29, 1.82) is 0 Å². The topological polar surface area (TPSA) is 127 Å². The number of nitrogens with zero attached hydrogens (tertiary/aromatic N) is 2. The second-order valence-electron chi connectivity index (χ2n) is 10.3. The van der Waals surface area contributed by atoms with Gasteiger partial charge in [-0.05, 0) is 74.7 Å². The van der Waals surface area contributed by atoms with Gasteiger partial charge in [-0.15, -0.1) is 0 Å². The van der Waals surface area contributed by atoms with Gasteiger partial charge in [0.1, 0.15) is 18.0 Å². The molecule has 3 aromatic rings. The molecule has 1 aromatic heterocycles. The molecule has 1 aliphatic heterocycles. The fourth-order valence-electron chi connectivity index (χ4n) is 4.15. The van der Waals surface area contributed by atoms with Crippen molar-refractivity contribution in [1.82, 2.24) is 4.98 Å². The maximum atomic E-state index is 12.9. The number of carboxylic acid groups (broad SMARTS) is 1. The number of benzene rings is 2. The third-order valence-electron chi connectivity index (χ3n) is 5.89. The highest BCUT2D eigenvalue weighted by atomic mass is 16.6. The van der Waals surface area contributed by atoms with E-state index in [0.717, 1.165) is 5.56 Å². The third-order valence-corrected chi connectivity index (χ3v) is 5.89. The zero-order chi connectivity index (χ0) is 28.7. The number of rotatable bonds is 9. The van der Waals surface area contributed by atoms with Gasteiger partial charge in [0.05, 0.1) is 18.7 Å². The van der Waals surface area contributed by atoms with Crippen LogP contribution in [0.1, 0.15) is 55.1 Å². The van der Waals surface area contributed by atoms with Crippen molar-refractivity contribution in [3.05, 3.63) is 77.5 Å². The van der Waals surface area contributed by atoms with Crippen LogP contribution in [-0.2, 0) is 16.0 Å². The van der Waals surface area contributed by atoms with E-state index in [-0.39, 0.29) is 30.6 Å². The fraction of sp³-hybridized carbons (Fsp3) is 0.333. The number of carbonyl (C=O) groups is 3. The smallest absolute Gasteiger partial charge is 0.335 e. The molecule has 0 radical (unpaired) electrons. The average molecular weight is 548 g/mol. The summed E-state index contributed by atoms with van der Waals surface area (Å²) in [6.45, 7) is 6.36. The predicted octanol–water partition coefficient (Wildman–Crippen LogP) is 5.30. The number of nitrogens with one attached hydrogen (secondary N) is 1. The number of anilines is 2. The summed E-state index contributed by atoms with van der Waals surface area (Å²) in [6, 6.07) is 15.3. The maximum absolute atomic E-state index is 12.9. The van der Waals surface area contributed by atoms with Crippen molar-refractivity contribution < 1.29 is 33.7 Å². The Morgan fingerprint density at radius 2 is 1.88 bits per heavy atom. The number of aromatic nitrogens is 1. The number of hydrogen-bond donors (Lipinski definition) is 2. The summed E-state index contributed by atoms with van der Waals surface area (Å²) in [7, 11) is 0. The quantitative estimate of drug-likeness (QED) is 0.273. The number of carbonyl (C=O) groups excluding carboxylic acids is 2. The van der Waals surface area contributed by atoms with Gasteiger partial charge in [-0.1, -0.05) is 18.2 Å². The molecular weight excluding hydrogens is 514 g/mol. The Kier molecular flexibility index (Phi) is 8.88. The molecule has 0 bridgehead atoms. The zero-order valence-electron chi connectivity index (χ0n) is 22.8. The van der Waals surface area contributed by atoms with Gasteiger partial charge in [-0.3, -0.25) is 9.69 Å². The number of para-hydroxylation sites is 1. The highest BCUT2D eigenvalue weighted by molar-refractivity contribution is 6.02. The summed E-state index contributed by atoms with van der Waals surface area (Å²) in [5.41, 5.74) is 1.65. The summed E-state index contributed by atoms with van der Waals surface area (Å²) >= 11 is 0. The summed E-state index contributed by atoms with van der Waals surface area (Å²) in [5.74, 6) is 0.0214. The molecule has 0 saturated carbocycles. The molecule has 210 valence electrons. The van der Waals surface area contributed by atoms with Crippen molar-refractivity contribution in [2.45, 2.75) is 45.6 Å². The summed E-state index contributed by atoms with van der Waals surface area (Å²) < 4.78 is 17.1. The Morgan fingerprint density at radius 3 is 2.60 bits per heavy atom. The number of urea groups is 1. The van der Waals surface area contributed by atoms with Gasteiger partial charge in [0.2, 0.25) is 0 Å². The van der Waals surface area contributed by atoms with Gasteiger partial charge in [0.25, 0.3) is 0 Å². The first-order valence-electron chi connectivity index (χ1n) is 13.1. The molecule has 10 nitrogen and oxygen atoms in total. The van der Waals surface area contributed by atoms with Crippen molar-refractivity contribution in [2.24, 2.45) is 0 Å². The van der Waals surface area contributed by atoms with Gasteiger partial charge in [0.15, 0.2) is 11.6 Å². The maximum Gasteiger partial charge on any atom is 0.335 e. The minimum Gasteiger partial charge on any atom is -0.493 e. The lowest BCUT2D eigenvalue weighted by Crippen LogP contribution is -2.41. The first-order chi connectivity index (χ1) is 19.1. The zero-order valence-corrected chi connectivity index (χ0v) is 22.8. The molecule has 0 atom stereocenters. The van der Waals surface area contributed by atoms with Crippen LogP contribution in [0.4, 0.5) is 16.3 Å². The van der Waals surface area contributed by atoms with Gasteiger partial charge in [-0.25, -0.2) is 14.6 Å². The standard InChI is InChI=1S/C30H33N3O7/c1-30(2,3)40-26(34)10-7-14-38-24-12-11-21(28(35)36)18-22(24)16-20-17-25-27(31-19-20)33(13-15-39-25)29(37)32-23-8-5-4-6-9-23/h4-6,8-9,11-12,17-19H,7,10,13-16H2,1-3H3,(H,32,37)(H,35,36). The van der Waals surface area contributed by atoms with Gasteiger partial charge >= 0.3 is 18.0 Å². The van der Waals surface area contributed by atoms with Crippen molar-refractivity contribution in [3.8, 4) is 11.5 Å². The summed E-state index contributed by atoms with van der Waals surface area (Å²) in [5, 5.41) is 12.4. The Bertz CT molecular complexity index is 1370. The van der Waals surface area contributed by atoms with E-state index in [2.05, 4.69) is 10.3 Å². The van der Waals surface area contributed by atoms with E-state index in [1.165, 1.54) is 11.0 Å². The Hall–Kier alpha value is -4.60. The van der Waals surface area contributed by atoms with Crippen LogP contribution in [0.2, 0.25) is 0 Å². The van der Waals surface area contributed by atoms with E-state index < -0.39 is 11.6 Å². The molecule has 0 spiro atoms. The van der Waals surface area contributed by atoms with Crippen LogP contribution in [0.25, 0.3) is 0 Å². The number of fused-ring (bicyclic) bond motifs is 1. The molecule has 2 amide bonds. The monoisotopic (exact) mass is 547 g/mol. The van der Waals surface area contributed by atoms with E-state index >= 15 is 0 Å². The molecule has 4 rings (SSSR count). The molecule has 0 aliphatic carbocycles. The van der Waals surface area contributed by atoms with Gasteiger partial charge in [0, 0.05) is 24.7 Å². The molecule has 2 aromatic carbocycles. The van der Waals surface area contributed by atoms with Gasteiger partial charge < -0.3 is 24.6 Å². The largest absolute Gasteiger partial charge is 0.493 e. The second kappa shape index (κ2) is 12.5. The lowest BCUT2D eigenvalue weighted by Gasteiger charge is -2.28. The molecule has 1 aliphatic rings. The van der Waals surface area contributed by atoms with Crippen LogP contribution < -0.4 is 19.7 Å². The van der Waals surface area contributed by atoms with Gasteiger partial charge in [-0.2, -0.15) is 0 Å². The molecule has 0 saturated heterocycles. The number of amides is 2. The Balaban J connectivity index is 1.46. The number of aromatic carboxylic acids is 1. The fourth-order valence-corrected chi connectivity index (χ4v) is 4.15. The number of ether oxygens (including phenoxy) is 3. The average Bonchev–Trinajstić information content (AvgIpc) is 2.90. The van der Waals surface area contributed by atoms with Crippen LogP contribution in [0.15, 0.2) is 60.8 Å². The SMILES string of the molecule is CC(C)(C)OC(=O)CCCOc1ccc(C(=O)O)cc1Cc1cnc2c(c1)OCCN2C(=O)Nc1ccccc1. The molecule has 2 heterocycles. The van der Waals surface area contributed by atoms with E-state index in [9.17, 15) is 19.5 Å². The van der Waals surface area contributed by atoms with E-state index in [1.54, 1.807) is 36.5 Å². The van der Waals surface area contributed by atoms with Crippen molar-refractivity contribution in [2.75, 3.05) is 30.0 Å². The predicted molar refractivity (Wildman–Crippen MR) is 149 cm³/mol. The summed E-state index contributed by atoms with van der Waals surface area (Å²) in [4.78, 5) is 42.5. The number of carboxylic acids is 1. The lowest BCUT2D eigenvalue weighted by atomic mass is 10.0. The minimum atomic E-state index is -1.05. The van der Waals surface area contributed by atoms with Crippen LogP contribution in [0.5, 0.6) is 11.5 Å². The Labute approximate surface area is 232 Å². The van der Waals surface area contributed by atoms with E-state index in [4.69, 9.17) is 14.2 Å². The van der Waals surface area contributed by atoms with E-state index in [1.807, 2.05) is 39.0 Å². The minimum absolute atomic E-state index is 0.127. The van der Waals surface area contributed by atoms with Crippen molar-refractivity contribution in [3.63, 3.8) is 0 Å². The highest BCUT2D eigenvalue weighted by Crippen LogP contribution is 2.32. The summed E-state index contributed by atoms with van der Waals surface area (Å²) in [6.07, 6.45) is 2.61. The van der Waals surface area contributed by atoms with Crippen LogP contribution in [0.3, 0.4) is 0 Å². The van der Waals surface area contributed by atoms with Crippen LogP contribution in [-0.4, -0.2) is 53.4 Å². The van der Waals surface area contributed by atoms with Crippen LogP contribution >= 0.6 is 0 Å². The number of hydrogen-bond acceptors (Lipinski definition) is 7. The second-order valence-corrected chi connectivity index (χ2v) is 10.3. The first-order valence-corrected chi connectivity index (χ1v) is 13.1. The van der Waals surface area contributed by atoms with Crippen molar-refractivity contribution >= 4 is 29.5 Å². The van der Waals surface area contributed by atoms with Crippen LogP contribution in [0, 0.1) is 0 Å². The normalized spacial score (nSPS) is 12.6. The molecule has 40 heavy (non-hydrogen) atoms. The molecule has 0 fully saturated rings.